The first-order valence-corrected chi connectivity index (χ1v) is 3.34. The van der Waals surface area contributed by atoms with Crippen LogP contribution in [-0.4, -0.2) is 6.26 Å². The molecule has 0 aliphatic carbocycles. The Kier molecular flexibility index (Phi) is 6.67. The fraction of sp³-hybridized carbons (Fsp3) is 1.00. The first-order valence-electron chi connectivity index (χ1n) is 2.45. The van der Waals surface area contributed by atoms with Gasteiger partial charge in [0.1, 0.15) is 0 Å². The molecule has 0 bridgehead atoms. The summed E-state index contributed by atoms with van der Waals surface area (Å²) in [6.45, 7) is 8.75. The minimum atomic E-state index is 0.500. The van der Waals surface area contributed by atoms with E-state index < -0.39 is 0 Å². The number of thiol groups is 1. The third-order valence-electron chi connectivity index (χ3n) is 0. The lowest BCUT2D eigenvalue weighted by Gasteiger charge is -2.05. The largest absolute Gasteiger partial charge is 0.183 e. The molecule has 0 atom stereocenters. The molecule has 0 spiro atoms. The Hall–Kier alpha value is 0.350. The lowest BCUT2D eigenvalue weighted by molar-refractivity contribution is 0.469. The van der Waals surface area contributed by atoms with Crippen molar-refractivity contribution in [2.24, 2.45) is 5.41 Å². The average molecular weight is 120 g/mol. The normalized spacial score (nSPS) is 9.43. The van der Waals surface area contributed by atoms with Gasteiger partial charge >= 0.3 is 0 Å². The predicted molar refractivity (Wildman–Crippen MR) is 40.0 cm³/mol. The summed E-state index contributed by atoms with van der Waals surface area (Å²) in [6.07, 6.45) is 1.69. The molecule has 0 amide bonds. The maximum absolute atomic E-state index is 3.53. The van der Waals surface area contributed by atoms with Gasteiger partial charge in [-0.25, -0.2) is 0 Å². The molecule has 0 aliphatic heterocycles. The van der Waals surface area contributed by atoms with Crippen molar-refractivity contribution in [1.29, 1.82) is 0 Å². The molecule has 0 saturated heterocycles. The Bertz CT molecular complexity index is 19.7. The highest BCUT2D eigenvalue weighted by atomic mass is 32.1. The molecular weight excluding hydrogens is 104 g/mol. The molecule has 0 aromatic heterocycles. The molecular formula is C6H16S. The second-order valence-electron chi connectivity index (χ2n) is 3.00. The molecule has 0 saturated carbocycles. The van der Waals surface area contributed by atoms with E-state index in [1.807, 2.05) is 0 Å². The SMILES string of the molecule is CC(C)(C)C.CS. The molecule has 0 N–H and O–H groups in total. The van der Waals surface area contributed by atoms with E-state index in [9.17, 15) is 0 Å². The van der Waals surface area contributed by atoms with Crippen molar-refractivity contribution >= 4 is 12.6 Å². The van der Waals surface area contributed by atoms with Crippen molar-refractivity contribution < 1.29 is 0 Å². The van der Waals surface area contributed by atoms with Gasteiger partial charge in [-0.1, -0.05) is 27.7 Å². The van der Waals surface area contributed by atoms with Crippen LogP contribution in [0.3, 0.4) is 0 Å². The van der Waals surface area contributed by atoms with E-state index in [0.29, 0.717) is 5.41 Å². The van der Waals surface area contributed by atoms with E-state index in [-0.39, 0.29) is 0 Å². The van der Waals surface area contributed by atoms with Crippen molar-refractivity contribution in [2.45, 2.75) is 27.7 Å². The molecule has 0 unspecified atom stereocenters. The number of rotatable bonds is 0. The lowest BCUT2D eigenvalue weighted by atomic mass is 10.0. The zero-order valence-corrected chi connectivity index (χ0v) is 6.84. The van der Waals surface area contributed by atoms with E-state index in [2.05, 4.69) is 40.3 Å². The Morgan fingerprint density at radius 2 is 0.857 bits per heavy atom. The summed E-state index contributed by atoms with van der Waals surface area (Å²) in [4.78, 5) is 0. The van der Waals surface area contributed by atoms with Gasteiger partial charge in [0.25, 0.3) is 0 Å². The summed E-state index contributed by atoms with van der Waals surface area (Å²) < 4.78 is 0. The van der Waals surface area contributed by atoms with E-state index >= 15 is 0 Å². The minimum absolute atomic E-state index is 0.500. The Balaban J connectivity index is 0. The van der Waals surface area contributed by atoms with E-state index in [1.165, 1.54) is 0 Å². The molecule has 1 heteroatoms. The smallest absolute Gasteiger partial charge is 0.0215 e. The van der Waals surface area contributed by atoms with Crippen molar-refractivity contribution in [3.05, 3.63) is 0 Å². The molecule has 0 fully saturated rings. The van der Waals surface area contributed by atoms with Crippen LogP contribution >= 0.6 is 12.6 Å². The van der Waals surface area contributed by atoms with Gasteiger partial charge in [0.2, 0.25) is 0 Å². The Morgan fingerprint density at radius 1 is 0.857 bits per heavy atom. The van der Waals surface area contributed by atoms with Crippen LogP contribution < -0.4 is 0 Å². The molecule has 0 radical (unpaired) electrons. The molecule has 0 aliphatic rings. The fourth-order valence-corrected chi connectivity index (χ4v) is 0. The van der Waals surface area contributed by atoms with Gasteiger partial charge in [-0.15, -0.1) is 0 Å². The molecule has 0 aromatic carbocycles. The summed E-state index contributed by atoms with van der Waals surface area (Å²) in [5.41, 5.74) is 0.500. The maximum Gasteiger partial charge on any atom is -0.0215 e. The molecule has 0 heterocycles. The second-order valence-corrected chi connectivity index (χ2v) is 3.00. The number of hydrogen-bond acceptors (Lipinski definition) is 1. The monoisotopic (exact) mass is 120 g/mol. The first kappa shape index (κ1) is 10.4. The summed E-state index contributed by atoms with van der Waals surface area (Å²) in [7, 11) is 0. The standard InChI is InChI=1S/C5H12.CH4S/c1-5(2,3)4;1-2/h1-4H3;2H,1H3. The number of hydrogen-bond donors (Lipinski definition) is 1. The molecule has 46 valence electrons. The van der Waals surface area contributed by atoms with Gasteiger partial charge in [0, 0.05) is 0 Å². The van der Waals surface area contributed by atoms with Crippen LogP contribution in [0, 0.1) is 5.41 Å². The molecule has 7 heavy (non-hydrogen) atoms. The highest BCUT2D eigenvalue weighted by Gasteiger charge is 1.95. The van der Waals surface area contributed by atoms with Crippen LogP contribution in [-0.2, 0) is 0 Å². The summed E-state index contributed by atoms with van der Waals surface area (Å²) in [5.74, 6) is 0. The van der Waals surface area contributed by atoms with Gasteiger partial charge in [-0.3, -0.25) is 0 Å². The fourth-order valence-electron chi connectivity index (χ4n) is 0. The quantitative estimate of drug-likeness (QED) is 0.467. The van der Waals surface area contributed by atoms with Crippen molar-refractivity contribution in [2.75, 3.05) is 6.26 Å². The van der Waals surface area contributed by atoms with Crippen LogP contribution in [0.4, 0.5) is 0 Å². The van der Waals surface area contributed by atoms with Crippen LogP contribution in [0.5, 0.6) is 0 Å². The highest BCUT2D eigenvalue weighted by Crippen LogP contribution is 2.07. The van der Waals surface area contributed by atoms with Crippen molar-refractivity contribution in [3.8, 4) is 0 Å². The van der Waals surface area contributed by atoms with Crippen LogP contribution in [0.25, 0.3) is 0 Å². The van der Waals surface area contributed by atoms with Gasteiger partial charge in [0.05, 0.1) is 0 Å². The second kappa shape index (κ2) is 4.51. The minimum Gasteiger partial charge on any atom is -0.183 e. The van der Waals surface area contributed by atoms with Gasteiger partial charge in [0.15, 0.2) is 0 Å². The van der Waals surface area contributed by atoms with Gasteiger partial charge in [-0.05, 0) is 11.7 Å². The topological polar surface area (TPSA) is 0 Å². The van der Waals surface area contributed by atoms with Gasteiger partial charge < -0.3 is 0 Å². The van der Waals surface area contributed by atoms with Crippen LogP contribution in [0.1, 0.15) is 27.7 Å². The van der Waals surface area contributed by atoms with Crippen molar-refractivity contribution in [1.82, 2.24) is 0 Å². The zero-order chi connectivity index (χ0) is 6.50. The summed E-state index contributed by atoms with van der Waals surface area (Å²) in [6, 6.07) is 0. The highest BCUT2D eigenvalue weighted by molar-refractivity contribution is 7.79. The Labute approximate surface area is 52.7 Å². The summed E-state index contributed by atoms with van der Waals surface area (Å²) >= 11 is 3.53. The first-order chi connectivity index (χ1) is 3.00. The van der Waals surface area contributed by atoms with Crippen LogP contribution in [0.2, 0.25) is 0 Å². The van der Waals surface area contributed by atoms with Gasteiger partial charge in [-0.2, -0.15) is 12.6 Å². The lowest BCUT2D eigenvalue weighted by Crippen LogP contribution is -1.93. The van der Waals surface area contributed by atoms with Crippen LogP contribution in [0.15, 0.2) is 0 Å². The molecule has 0 aromatic rings. The average Bonchev–Trinajstić information content (AvgIpc) is 1.36. The molecule has 0 nitrogen and oxygen atoms in total. The van der Waals surface area contributed by atoms with E-state index in [1.54, 1.807) is 6.26 Å². The van der Waals surface area contributed by atoms with Crippen molar-refractivity contribution in [3.63, 3.8) is 0 Å². The zero-order valence-electron chi connectivity index (χ0n) is 5.95. The Morgan fingerprint density at radius 3 is 0.857 bits per heavy atom. The third kappa shape index (κ3) is 981. The molecule has 0 rings (SSSR count). The van der Waals surface area contributed by atoms with E-state index in [4.69, 9.17) is 0 Å². The third-order valence-corrected chi connectivity index (χ3v) is 0. The summed E-state index contributed by atoms with van der Waals surface area (Å²) in [5, 5.41) is 0. The predicted octanol–water partition coefficient (Wildman–Crippen LogP) is 2.60. The van der Waals surface area contributed by atoms with E-state index in [0.717, 1.165) is 0 Å². The maximum atomic E-state index is 3.53.